The van der Waals surface area contributed by atoms with Crippen LogP contribution in [0.3, 0.4) is 0 Å². The fourth-order valence-electron chi connectivity index (χ4n) is 2.46. The van der Waals surface area contributed by atoms with Gasteiger partial charge in [-0.3, -0.25) is 4.79 Å². The molecule has 1 aliphatic rings. The van der Waals surface area contributed by atoms with E-state index in [4.69, 9.17) is 4.74 Å². The average Bonchev–Trinajstić information content (AvgIpc) is 3.24. The van der Waals surface area contributed by atoms with Crippen molar-refractivity contribution in [2.75, 3.05) is 18.9 Å². The van der Waals surface area contributed by atoms with Gasteiger partial charge in [0.1, 0.15) is 5.54 Å². The maximum absolute atomic E-state index is 12.6. The number of nitrogens with zero attached hydrogens (tertiary/aromatic N) is 2. The van der Waals surface area contributed by atoms with E-state index in [2.05, 4.69) is 17.2 Å². The van der Waals surface area contributed by atoms with Gasteiger partial charge in [0.2, 0.25) is 0 Å². The molecule has 1 unspecified atom stereocenters. The summed E-state index contributed by atoms with van der Waals surface area (Å²) in [5.74, 6) is 0.944. The molecule has 0 bridgehead atoms. The topological polar surface area (TPSA) is 56.2 Å². The van der Waals surface area contributed by atoms with E-state index in [1.807, 2.05) is 24.7 Å². The van der Waals surface area contributed by atoms with Crippen LogP contribution in [0, 0.1) is 5.92 Å². The minimum atomic E-state index is -0.567. The number of rotatable bonds is 9. The molecular weight excluding hydrogens is 286 g/mol. The van der Waals surface area contributed by atoms with Gasteiger partial charge in [-0.15, -0.1) is 0 Å². The first-order valence-electron chi connectivity index (χ1n) is 7.66. The molecule has 5 nitrogen and oxygen atoms in total. The summed E-state index contributed by atoms with van der Waals surface area (Å²) in [5, 5.41) is 4.41. The first kappa shape index (κ1) is 16.4. The first-order chi connectivity index (χ1) is 10.1. The van der Waals surface area contributed by atoms with Gasteiger partial charge in [0, 0.05) is 25.2 Å². The van der Waals surface area contributed by atoms with Gasteiger partial charge in [0.25, 0.3) is 0 Å². The van der Waals surface area contributed by atoms with Crippen molar-refractivity contribution in [1.29, 1.82) is 0 Å². The Kier molecular flexibility index (Phi) is 5.70. The van der Waals surface area contributed by atoms with Crippen molar-refractivity contribution in [3.8, 4) is 0 Å². The largest absolute Gasteiger partial charge is 0.465 e. The SMILES string of the molecule is CCCNC(CSc1nccn1C)(C(=O)OCC)C1CC1. The highest BCUT2D eigenvalue weighted by Gasteiger charge is 2.51. The maximum Gasteiger partial charge on any atom is 0.327 e. The predicted octanol–water partition coefficient (Wildman–Crippen LogP) is 2.22. The molecule has 0 amide bonds. The molecular formula is C15H25N3O2S. The van der Waals surface area contributed by atoms with Gasteiger partial charge in [-0.2, -0.15) is 0 Å². The Hall–Kier alpha value is -1.01. The number of carbonyl (C=O) groups is 1. The number of esters is 1. The second-order valence-electron chi connectivity index (χ2n) is 5.50. The van der Waals surface area contributed by atoms with E-state index < -0.39 is 5.54 Å². The van der Waals surface area contributed by atoms with Crippen LogP contribution in [-0.4, -0.2) is 40.0 Å². The number of carbonyl (C=O) groups excluding carboxylic acids is 1. The highest BCUT2D eigenvalue weighted by Crippen LogP contribution is 2.43. The van der Waals surface area contributed by atoms with Crippen LogP contribution < -0.4 is 5.32 Å². The lowest BCUT2D eigenvalue weighted by molar-refractivity contribution is -0.151. The van der Waals surface area contributed by atoms with Crippen molar-refractivity contribution < 1.29 is 9.53 Å². The average molecular weight is 311 g/mol. The number of imidazole rings is 1. The molecule has 0 saturated heterocycles. The molecule has 1 heterocycles. The number of nitrogens with one attached hydrogen (secondary N) is 1. The fourth-order valence-corrected chi connectivity index (χ4v) is 3.68. The number of aryl methyl sites for hydroxylation is 1. The summed E-state index contributed by atoms with van der Waals surface area (Å²) in [6.07, 6.45) is 6.89. The third-order valence-electron chi connectivity index (χ3n) is 3.81. The molecule has 6 heteroatoms. The summed E-state index contributed by atoms with van der Waals surface area (Å²) in [4.78, 5) is 16.9. The van der Waals surface area contributed by atoms with Crippen LogP contribution in [0.4, 0.5) is 0 Å². The fraction of sp³-hybridized carbons (Fsp3) is 0.733. The van der Waals surface area contributed by atoms with E-state index in [9.17, 15) is 4.79 Å². The molecule has 1 N–H and O–H groups in total. The maximum atomic E-state index is 12.6. The van der Waals surface area contributed by atoms with Crippen molar-refractivity contribution in [3.63, 3.8) is 0 Å². The summed E-state index contributed by atoms with van der Waals surface area (Å²) in [6, 6.07) is 0. The van der Waals surface area contributed by atoms with E-state index in [-0.39, 0.29) is 5.97 Å². The van der Waals surface area contributed by atoms with Gasteiger partial charge < -0.3 is 14.6 Å². The molecule has 1 aromatic rings. The van der Waals surface area contributed by atoms with Crippen LogP contribution in [0.2, 0.25) is 0 Å². The zero-order chi connectivity index (χ0) is 15.3. The molecule has 1 aromatic heterocycles. The lowest BCUT2D eigenvalue weighted by Gasteiger charge is -2.32. The quantitative estimate of drug-likeness (QED) is 0.560. The standard InChI is InChI=1S/C15H25N3O2S/c1-4-8-17-15(12-6-7-12,13(19)20-5-2)11-21-14-16-9-10-18(14)3/h9-10,12,17H,4-8,11H2,1-3H3. The molecule has 1 atom stereocenters. The van der Waals surface area contributed by atoms with Gasteiger partial charge in [-0.1, -0.05) is 18.7 Å². The summed E-state index contributed by atoms with van der Waals surface area (Å²) in [6.45, 7) is 5.23. The van der Waals surface area contributed by atoms with Crippen LogP contribution in [0.15, 0.2) is 17.6 Å². The Bertz CT molecular complexity index is 473. The van der Waals surface area contributed by atoms with Crippen molar-refractivity contribution in [3.05, 3.63) is 12.4 Å². The monoisotopic (exact) mass is 311 g/mol. The van der Waals surface area contributed by atoms with Crippen LogP contribution in [0.5, 0.6) is 0 Å². The van der Waals surface area contributed by atoms with Gasteiger partial charge in [0.15, 0.2) is 5.16 Å². The molecule has 0 radical (unpaired) electrons. The Labute approximate surface area is 130 Å². The zero-order valence-corrected chi connectivity index (χ0v) is 13.9. The molecule has 118 valence electrons. The number of aromatic nitrogens is 2. The molecule has 21 heavy (non-hydrogen) atoms. The highest BCUT2D eigenvalue weighted by molar-refractivity contribution is 7.99. The molecule has 0 spiro atoms. The second-order valence-corrected chi connectivity index (χ2v) is 6.44. The van der Waals surface area contributed by atoms with Crippen LogP contribution >= 0.6 is 11.8 Å². The lowest BCUT2D eigenvalue weighted by Crippen LogP contribution is -2.57. The molecule has 1 saturated carbocycles. The predicted molar refractivity (Wildman–Crippen MR) is 84.3 cm³/mol. The number of thioether (sulfide) groups is 1. The van der Waals surface area contributed by atoms with Crippen LogP contribution in [-0.2, 0) is 16.6 Å². The Balaban J connectivity index is 2.12. The van der Waals surface area contributed by atoms with Gasteiger partial charge in [-0.05, 0) is 38.6 Å². The van der Waals surface area contributed by atoms with Crippen molar-refractivity contribution in [1.82, 2.24) is 14.9 Å². The van der Waals surface area contributed by atoms with Crippen molar-refractivity contribution >= 4 is 17.7 Å². The number of ether oxygens (including phenoxy) is 1. The Morgan fingerprint density at radius 2 is 2.33 bits per heavy atom. The minimum absolute atomic E-state index is 0.109. The van der Waals surface area contributed by atoms with Gasteiger partial charge in [-0.25, -0.2) is 4.98 Å². The summed E-state index contributed by atoms with van der Waals surface area (Å²) < 4.78 is 7.34. The van der Waals surface area contributed by atoms with E-state index in [0.717, 1.165) is 31.0 Å². The van der Waals surface area contributed by atoms with E-state index in [1.165, 1.54) is 0 Å². The lowest BCUT2D eigenvalue weighted by atomic mass is 9.95. The molecule has 1 aliphatic carbocycles. The van der Waals surface area contributed by atoms with Crippen LogP contribution in [0.1, 0.15) is 33.1 Å². The van der Waals surface area contributed by atoms with Crippen molar-refractivity contribution in [2.24, 2.45) is 13.0 Å². The summed E-state index contributed by atoms with van der Waals surface area (Å²) in [5.41, 5.74) is -0.567. The summed E-state index contributed by atoms with van der Waals surface area (Å²) in [7, 11) is 1.97. The normalized spacial score (nSPS) is 17.5. The molecule has 0 aliphatic heterocycles. The number of hydrogen-bond acceptors (Lipinski definition) is 5. The van der Waals surface area contributed by atoms with E-state index in [1.54, 1.807) is 18.0 Å². The van der Waals surface area contributed by atoms with E-state index in [0.29, 0.717) is 18.3 Å². The van der Waals surface area contributed by atoms with E-state index >= 15 is 0 Å². The smallest absolute Gasteiger partial charge is 0.327 e. The molecule has 0 aromatic carbocycles. The van der Waals surface area contributed by atoms with Gasteiger partial charge >= 0.3 is 5.97 Å². The first-order valence-corrected chi connectivity index (χ1v) is 8.65. The summed E-state index contributed by atoms with van der Waals surface area (Å²) >= 11 is 1.62. The van der Waals surface area contributed by atoms with Crippen molar-refractivity contribution in [2.45, 2.75) is 43.8 Å². The highest BCUT2D eigenvalue weighted by atomic mass is 32.2. The van der Waals surface area contributed by atoms with Gasteiger partial charge in [0.05, 0.1) is 6.61 Å². The number of hydrogen-bond donors (Lipinski definition) is 1. The second kappa shape index (κ2) is 7.31. The molecule has 1 fully saturated rings. The minimum Gasteiger partial charge on any atom is -0.465 e. The molecule has 2 rings (SSSR count). The van der Waals surface area contributed by atoms with Crippen LogP contribution in [0.25, 0.3) is 0 Å². The Morgan fingerprint density at radius 3 is 2.86 bits per heavy atom. The third-order valence-corrected chi connectivity index (χ3v) is 5.06. The zero-order valence-electron chi connectivity index (χ0n) is 13.1. The Morgan fingerprint density at radius 1 is 1.57 bits per heavy atom. The third kappa shape index (κ3) is 3.80.